The Kier molecular flexibility index (Phi) is 22.5. The smallest absolute Gasteiger partial charge is 0.290 e. The number of carbonyl (C=O) groups is 2. The number of ketones is 1. The number of carboxylic acid groups (broad SMARTS) is 1. The van der Waals surface area contributed by atoms with Gasteiger partial charge >= 0.3 is 0 Å². The van der Waals surface area contributed by atoms with Crippen molar-refractivity contribution in [3.8, 4) is 0 Å². The molecule has 0 heterocycles. The third-order valence-corrected chi connectivity index (χ3v) is 1.43. The van der Waals surface area contributed by atoms with Crippen LogP contribution in [0.2, 0.25) is 0 Å². The van der Waals surface area contributed by atoms with E-state index in [0.717, 1.165) is 0 Å². The Morgan fingerprint density at radius 1 is 1.17 bits per heavy atom. The summed E-state index contributed by atoms with van der Waals surface area (Å²) < 4.78 is 0. The van der Waals surface area contributed by atoms with Gasteiger partial charge in [0.2, 0.25) is 0 Å². The lowest BCUT2D eigenvalue weighted by Gasteiger charge is -1.93. The van der Waals surface area contributed by atoms with Gasteiger partial charge in [0, 0.05) is 0 Å². The van der Waals surface area contributed by atoms with Crippen molar-refractivity contribution in [3.05, 3.63) is 35.4 Å². The Bertz CT molecular complexity index is 290. The Morgan fingerprint density at radius 2 is 1.33 bits per heavy atom. The summed E-state index contributed by atoms with van der Waals surface area (Å²) in [4.78, 5) is 17.8. The van der Waals surface area contributed by atoms with Crippen LogP contribution < -0.4 is 0 Å². The number of aryl methyl sites for hydroxylation is 2. The molecule has 1 N–H and O–H groups in total. The molecule has 0 aliphatic carbocycles. The van der Waals surface area contributed by atoms with Crippen LogP contribution in [-0.2, 0) is 9.59 Å². The van der Waals surface area contributed by atoms with E-state index < -0.39 is 0 Å². The largest absolute Gasteiger partial charge is 0.483 e. The number of Topliss-reactive ketones (excluding diaryl/α,β-unsaturated/α-hetero) is 1. The van der Waals surface area contributed by atoms with Crippen molar-refractivity contribution in [2.45, 2.75) is 27.7 Å². The molecule has 1 rings (SSSR count). The fraction of sp³-hybridized carbons (Fsp3) is 0.385. The van der Waals surface area contributed by atoms with Gasteiger partial charge in [-0.1, -0.05) is 24.3 Å². The van der Waals surface area contributed by atoms with Gasteiger partial charge in [0.05, 0.1) is 5.34 Å². The average Bonchev–Trinajstić information content (AvgIpc) is 2.24. The van der Waals surface area contributed by atoms with Crippen LogP contribution in [-0.4, -0.2) is 22.7 Å². The molecule has 5 heteroatoms. The lowest BCUT2D eigenvalue weighted by atomic mass is 10.1. The van der Waals surface area contributed by atoms with Gasteiger partial charge in [0.1, 0.15) is 5.78 Å². The summed E-state index contributed by atoms with van der Waals surface area (Å²) in [5, 5.41) is 7.08. The molecule has 0 saturated heterocycles. The zero-order chi connectivity index (χ0) is 15.0. The Hall–Kier alpha value is -1.06. The molecule has 3 nitrogen and oxygen atoms in total. The maximum atomic E-state index is 9.44. The van der Waals surface area contributed by atoms with E-state index in [1.165, 1.54) is 25.0 Å². The van der Waals surface area contributed by atoms with Crippen molar-refractivity contribution in [1.82, 2.24) is 0 Å². The van der Waals surface area contributed by atoms with Crippen molar-refractivity contribution in [2.24, 2.45) is 0 Å². The lowest BCUT2D eigenvalue weighted by Crippen LogP contribution is -1.74. The van der Waals surface area contributed by atoms with E-state index >= 15 is 0 Å². The second-order valence-electron chi connectivity index (χ2n) is 3.20. The van der Waals surface area contributed by atoms with Gasteiger partial charge < -0.3 is 9.90 Å². The standard InChI is InChI=1S/C8H10.C3H6O.CH2Cl2.CH2O2/c1-7-5-3-4-6-8(7)2;1-3(2)4;2*2-1-3/h3-6H,1-2H3;1-2H3;1H2;1H,(H,2,3). The van der Waals surface area contributed by atoms with Gasteiger partial charge in [-0.3, -0.25) is 4.79 Å². The number of benzene rings is 1. The second kappa shape index (κ2) is 18.3. The number of carbonyl (C=O) groups excluding carboxylic acids is 1. The first-order valence-corrected chi connectivity index (χ1v) is 6.13. The van der Waals surface area contributed by atoms with E-state index in [2.05, 4.69) is 38.1 Å². The van der Waals surface area contributed by atoms with Crippen LogP contribution in [0.3, 0.4) is 0 Å². The van der Waals surface area contributed by atoms with Crippen LogP contribution in [0.4, 0.5) is 0 Å². The van der Waals surface area contributed by atoms with Gasteiger partial charge in [-0.2, -0.15) is 0 Å². The molecule has 0 atom stereocenters. The van der Waals surface area contributed by atoms with Crippen LogP contribution in [0.5, 0.6) is 0 Å². The number of alkyl halides is 2. The summed E-state index contributed by atoms with van der Waals surface area (Å²) >= 11 is 9.53. The molecule has 0 radical (unpaired) electrons. The summed E-state index contributed by atoms with van der Waals surface area (Å²) in [5.74, 6) is 0.167. The fourth-order valence-corrected chi connectivity index (χ4v) is 0.663. The predicted octanol–water partition coefficient (Wildman–Crippen LogP) is 4.02. The number of rotatable bonds is 0. The molecule has 0 unspecified atom stereocenters. The minimum atomic E-state index is -0.250. The molecule has 0 fully saturated rings. The maximum absolute atomic E-state index is 9.44. The van der Waals surface area contributed by atoms with Crippen LogP contribution >= 0.6 is 23.2 Å². The van der Waals surface area contributed by atoms with E-state index in [-0.39, 0.29) is 17.6 Å². The monoisotopic (exact) mass is 294 g/mol. The van der Waals surface area contributed by atoms with Crippen LogP contribution in [0.15, 0.2) is 24.3 Å². The van der Waals surface area contributed by atoms with Gasteiger partial charge in [0.15, 0.2) is 0 Å². The second-order valence-corrected chi connectivity index (χ2v) is 4.01. The van der Waals surface area contributed by atoms with Gasteiger partial charge in [-0.05, 0) is 38.8 Å². The third-order valence-electron chi connectivity index (χ3n) is 1.43. The van der Waals surface area contributed by atoms with Gasteiger partial charge in [0.25, 0.3) is 6.47 Å². The zero-order valence-corrected chi connectivity index (χ0v) is 12.6. The van der Waals surface area contributed by atoms with E-state index in [4.69, 9.17) is 33.1 Å². The average molecular weight is 295 g/mol. The maximum Gasteiger partial charge on any atom is 0.290 e. The molecule has 0 aliphatic rings. The highest BCUT2D eigenvalue weighted by Crippen LogP contribution is 2.02. The van der Waals surface area contributed by atoms with Crippen molar-refractivity contribution in [1.29, 1.82) is 0 Å². The molecular formula is C13H20Cl2O3. The van der Waals surface area contributed by atoms with Crippen LogP contribution in [0.25, 0.3) is 0 Å². The Labute approximate surface area is 119 Å². The topological polar surface area (TPSA) is 54.4 Å². The van der Waals surface area contributed by atoms with Crippen LogP contribution in [0, 0.1) is 13.8 Å². The molecule has 104 valence electrons. The molecule has 0 saturated carbocycles. The highest BCUT2D eigenvalue weighted by Gasteiger charge is 1.83. The molecule has 0 aromatic heterocycles. The first kappa shape index (κ1) is 22.1. The molecule has 0 aliphatic heterocycles. The van der Waals surface area contributed by atoms with Crippen LogP contribution in [0.1, 0.15) is 25.0 Å². The summed E-state index contributed by atoms with van der Waals surface area (Å²) in [7, 11) is 0. The molecule has 0 spiro atoms. The van der Waals surface area contributed by atoms with E-state index in [0.29, 0.717) is 0 Å². The number of hydrogen-bond donors (Lipinski definition) is 1. The molecular weight excluding hydrogens is 275 g/mol. The Balaban J connectivity index is -0.000000192. The minimum absolute atomic E-state index is 0.167. The number of hydrogen-bond acceptors (Lipinski definition) is 2. The Morgan fingerprint density at radius 3 is 1.44 bits per heavy atom. The quantitative estimate of drug-likeness (QED) is 0.581. The minimum Gasteiger partial charge on any atom is -0.483 e. The SMILES string of the molecule is CC(C)=O.Cc1ccccc1C.ClCCl.O=CO. The normalized spacial score (nSPS) is 7.22. The zero-order valence-electron chi connectivity index (χ0n) is 11.1. The predicted molar refractivity (Wildman–Crippen MR) is 77.5 cm³/mol. The molecule has 1 aromatic carbocycles. The van der Waals surface area contributed by atoms with Gasteiger partial charge in [-0.15, -0.1) is 23.2 Å². The van der Waals surface area contributed by atoms with Crippen molar-refractivity contribution >= 4 is 35.5 Å². The molecule has 18 heavy (non-hydrogen) atoms. The summed E-state index contributed by atoms with van der Waals surface area (Å²) in [6.07, 6.45) is 0. The first-order valence-electron chi connectivity index (χ1n) is 5.06. The van der Waals surface area contributed by atoms with Crippen molar-refractivity contribution in [3.63, 3.8) is 0 Å². The van der Waals surface area contributed by atoms with Crippen molar-refractivity contribution in [2.75, 3.05) is 5.34 Å². The lowest BCUT2D eigenvalue weighted by molar-refractivity contribution is -0.123. The van der Waals surface area contributed by atoms with E-state index in [1.807, 2.05) is 0 Å². The highest BCUT2D eigenvalue weighted by molar-refractivity contribution is 6.40. The number of halogens is 2. The fourth-order valence-electron chi connectivity index (χ4n) is 0.663. The highest BCUT2D eigenvalue weighted by atomic mass is 35.5. The summed E-state index contributed by atoms with van der Waals surface area (Å²) in [6, 6.07) is 8.36. The van der Waals surface area contributed by atoms with E-state index in [1.54, 1.807) is 0 Å². The summed E-state index contributed by atoms with van der Waals surface area (Å²) in [5.41, 5.74) is 2.74. The van der Waals surface area contributed by atoms with Crippen molar-refractivity contribution < 1.29 is 14.7 Å². The summed E-state index contributed by atoms with van der Waals surface area (Å²) in [6.45, 7) is 7.05. The first-order chi connectivity index (χ1) is 8.37. The van der Waals surface area contributed by atoms with E-state index in [9.17, 15) is 4.79 Å². The third kappa shape index (κ3) is 29.4. The molecule has 0 amide bonds. The molecule has 1 aromatic rings. The molecule has 0 bridgehead atoms. The van der Waals surface area contributed by atoms with Gasteiger partial charge in [-0.25, -0.2) is 0 Å².